The molecule has 0 aliphatic heterocycles. The molecule has 0 spiro atoms. The van der Waals surface area contributed by atoms with Gasteiger partial charge in [-0.2, -0.15) is 5.26 Å². The third-order valence-corrected chi connectivity index (χ3v) is 5.04. The Morgan fingerprint density at radius 3 is 2.53 bits per heavy atom. The zero-order valence-corrected chi connectivity index (χ0v) is 19.0. The minimum atomic E-state index is -1.03. The first-order chi connectivity index (χ1) is 16.3. The highest BCUT2D eigenvalue weighted by atomic mass is 79.9. The Morgan fingerprint density at radius 2 is 1.88 bits per heavy atom. The Hall–Kier alpha value is -4.49. The summed E-state index contributed by atoms with van der Waals surface area (Å²) in [6, 6.07) is 18.5. The average Bonchev–Trinajstić information content (AvgIpc) is 2.82. The van der Waals surface area contributed by atoms with Crippen molar-refractivity contribution < 1.29 is 24.4 Å². The van der Waals surface area contributed by atoms with E-state index in [-0.39, 0.29) is 29.1 Å². The average molecular weight is 522 g/mol. The standard InChI is InChI=1S/C24H16BrN3O6/c25-19-8-9-22(34-14-15-4-6-16(7-5-15)24(30)31)17(11-19)10-18(13-26)23(29)27-20-2-1-3-21(12-20)28(32)33/h1-12H,14H2,(H,27,29)(H,30,31)/b18-10+. The molecule has 0 aliphatic rings. The van der Waals surface area contributed by atoms with Gasteiger partial charge < -0.3 is 15.2 Å². The molecule has 0 radical (unpaired) electrons. The number of carboxylic acids is 1. The highest BCUT2D eigenvalue weighted by molar-refractivity contribution is 9.10. The van der Waals surface area contributed by atoms with Crippen LogP contribution in [0.5, 0.6) is 5.75 Å². The summed E-state index contributed by atoms with van der Waals surface area (Å²) in [5.41, 5.74) is 1.08. The molecule has 0 atom stereocenters. The predicted octanol–water partition coefficient (Wildman–Crippen LogP) is 5.18. The zero-order valence-electron chi connectivity index (χ0n) is 17.4. The van der Waals surface area contributed by atoms with Crippen molar-refractivity contribution >= 4 is 45.3 Å². The number of hydrogen-bond donors (Lipinski definition) is 2. The quantitative estimate of drug-likeness (QED) is 0.180. The molecule has 3 aromatic carbocycles. The van der Waals surface area contributed by atoms with Crippen LogP contribution in [0, 0.1) is 21.4 Å². The number of anilines is 1. The van der Waals surface area contributed by atoms with Crippen LogP contribution in [0.25, 0.3) is 6.08 Å². The molecule has 0 fully saturated rings. The molecule has 34 heavy (non-hydrogen) atoms. The van der Waals surface area contributed by atoms with Crippen molar-refractivity contribution in [2.24, 2.45) is 0 Å². The number of rotatable bonds is 8. The van der Waals surface area contributed by atoms with Crippen molar-refractivity contribution in [2.45, 2.75) is 6.61 Å². The first kappa shape index (κ1) is 24.2. The van der Waals surface area contributed by atoms with Crippen molar-refractivity contribution in [1.29, 1.82) is 5.26 Å². The van der Waals surface area contributed by atoms with E-state index in [4.69, 9.17) is 9.84 Å². The number of nitro groups is 1. The van der Waals surface area contributed by atoms with Crippen molar-refractivity contribution in [2.75, 3.05) is 5.32 Å². The van der Waals surface area contributed by atoms with Gasteiger partial charge in [-0.05, 0) is 48.0 Å². The normalized spacial score (nSPS) is 10.8. The Balaban J connectivity index is 1.81. The number of nitro benzene ring substituents is 1. The Labute approximate surface area is 202 Å². The third-order valence-electron chi connectivity index (χ3n) is 4.55. The molecule has 0 aromatic heterocycles. The van der Waals surface area contributed by atoms with Crippen LogP contribution >= 0.6 is 15.9 Å². The topological polar surface area (TPSA) is 143 Å². The van der Waals surface area contributed by atoms with Gasteiger partial charge in [0.1, 0.15) is 24.0 Å². The molecule has 0 saturated carbocycles. The molecule has 1 amide bonds. The number of halogens is 1. The van der Waals surface area contributed by atoms with Gasteiger partial charge in [0.15, 0.2) is 0 Å². The van der Waals surface area contributed by atoms with Gasteiger partial charge in [0, 0.05) is 27.9 Å². The van der Waals surface area contributed by atoms with Crippen LogP contribution in [0.2, 0.25) is 0 Å². The number of hydrogen-bond acceptors (Lipinski definition) is 6. The first-order valence-corrected chi connectivity index (χ1v) is 10.5. The summed E-state index contributed by atoms with van der Waals surface area (Å²) in [5.74, 6) is -1.38. The number of aromatic carboxylic acids is 1. The van der Waals surface area contributed by atoms with Crippen LogP contribution in [-0.2, 0) is 11.4 Å². The molecule has 3 aromatic rings. The second-order valence-electron chi connectivity index (χ2n) is 6.90. The molecule has 3 rings (SSSR count). The van der Waals surface area contributed by atoms with Gasteiger partial charge in [-0.3, -0.25) is 14.9 Å². The van der Waals surface area contributed by atoms with Gasteiger partial charge in [0.25, 0.3) is 11.6 Å². The number of carbonyl (C=O) groups excluding carboxylic acids is 1. The van der Waals surface area contributed by atoms with E-state index in [9.17, 15) is 25.0 Å². The van der Waals surface area contributed by atoms with Crippen molar-refractivity contribution in [3.63, 3.8) is 0 Å². The maximum absolute atomic E-state index is 12.6. The lowest BCUT2D eigenvalue weighted by Gasteiger charge is -2.11. The number of benzene rings is 3. The number of amides is 1. The summed E-state index contributed by atoms with van der Waals surface area (Å²) in [7, 11) is 0. The summed E-state index contributed by atoms with van der Waals surface area (Å²) in [4.78, 5) is 34.0. The summed E-state index contributed by atoms with van der Waals surface area (Å²) >= 11 is 3.35. The molecule has 2 N–H and O–H groups in total. The largest absolute Gasteiger partial charge is 0.488 e. The Morgan fingerprint density at radius 1 is 1.15 bits per heavy atom. The Bertz CT molecular complexity index is 1330. The molecular weight excluding hydrogens is 506 g/mol. The van der Waals surface area contributed by atoms with E-state index >= 15 is 0 Å². The van der Waals surface area contributed by atoms with E-state index in [1.54, 1.807) is 30.3 Å². The monoisotopic (exact) mass is 521 g/mol. The smallest absolute Gasteiger partial charge is 0.335 e. The Kier molecular flexibility index (Phi) is 7.74. The summed E-state index contributed by atoms with van der Waals surface area (Å²) < 4.78 is 6.52. The van der Waals surface area contributed by atoms with Crippen LogP contribution in [0.4, 0.5) is 11.4 Å². The molecule has 0 bridgehead atoms. The van der Waals surface area contributed by atoms with Gasteiger partial charge in [-0.1, -0.05) is 34.1 Å². The van der Waals surface area contributed by atoms with Crippen LogP contribution in [0.15, 0.2) is 76.8 Å². The van der Waals surface area contributed by atoms with Crippen molar-refractivity contribution in [3.05, 3.63) is 104 Å². The van der Waals surface area contributed by atoms with Gasteiger partial charge in [-0.15, -0.1) is 0 Å². The molecule has 10 heteroatoms. The van der Waals surface area contributed by atoms with Gasteiger partial charge in [0.2, 0.25) is 0 Å². The molecule has 0 saturated heterocycles. The number of nitrogens with zero attached hydrogens (tertiary/aromatic N) is 2. The zero-order chi connectivity index (χ0) is 24.7. The second kappa shape index (κ2) is 10.9. The second-order valence-corrected chi connectivity index (χ2v) is 7.82. The minimum absolute atomic E-state index is 0.129. The highest BCUT2D eigenvalue weighted by Crippen LogP contribution is 2.27. The van der Waals surface area contributed by atoms with Crippen LogP contribution in [-0.4, -0.2) is 21.9 Å². The SMILES string of the molecule is N#C/C(=C\c1cc(Br)ccc1OCc1ccc(C(=O)O)cc1)C(=O)Nc1cccc([N+](=O)[O-])c1. The fraction of sp³-hybridized carbons (Fsp3) is 0.0417. The van der Waals surface area contributed by atoms with Crippen LogP contribution < -0.4 is 10.1 Å². The maximum Gasteiger partial charge on any atom is 0.335 e. The van der Waals surface area contributed by atoms with Gasteiger partial charge in [-0.25, -0.2) is 4.79 Å². The number of non-ortho nitro benzene ring substituents is 1. The summed E-state index contributed by atoms with van der Waals surface area (Å²) in [6.45, 7) is 0.129. The maximum atomic E-state index is 12.6. The third kappa shape index (κ3) is 6.27. The molecule has 0 heterocycles. The summed E-state index contributed by atoms with van der Waals surface area (Å²) in [5, 5.41) is 31.9. The van der Waals surface area contributed by atoms with Gasteiger partial charge in [0.05, 0.1) is 10.5 Å². The number of carboxylic acid groups (broad SMARTS) is 1. The van der Waals surface area contributed by atoms with Crippen molar-refractivity contribution in [1.82, 2.24) is 0 Å². The van der Waals surface area contributed by atoms with E-state index in [1.807, 2.05) is 6.07 Å². The number of nitrogens with one attached hydrogen (secondary N) is 1. The minimum Gasteiger partial charge on any atom is -0.488 e. The molecule has 0 unspecified atom stereocenters. The van der Waals surface area contributed by atoms with Crippen molar-refractivity contribution in [3.8, 4) is 11.8 Å². The first-order valence-electron chi connectivity index (χ1n) is 9.69. The number of ether oxygens (including phenoxy) is 1. The van der Waals surface area contributed by atoms with Crippen LogP contribution in [0.1, 0.15) is 21.5 Å². The molecule has 170 valence electrons. The molecule has 0 aliphatic carbocycles. The van der Waals surface area contributed by atoms with Crippen LogP contribution in [0.3, 0.4) is 0 Å². The fourth-order valence-electron chi connectivity index (χ4n) is 2.87. The van der Waals surface area contributed by atoms with E-state index in [2.05, 4.69) is 21.2 Å². The molecular formula is C24H16BrN3O6. The van der Waals surface area contributed by atoms with E-state index in [0.717, 1.165) is 5.56 Å². The lowest BCUT2D eigenvalue weighted by Crippen LogP contribution is -2.13. The molecule has 9 nitrogen and oxygen atoms in total. The van der Waals surface area contributed by atoms with Gasteiger partial charge >= 0.3 is 5.97 Å². The predicted molar refractivity (Wildman–Crippen MR) is 127 cm³/mol. The van der Waals surface area contributed by atoms with E-state index < -0.39 is 16.8 Å². The fourth-order valence-corrected chi connectivity index (χ4v) is 3.25. The lowest BCUT2D eigenvalue weighted by atomic mass is 10.1. The number of carbonyl (C=O) groups is 2. The van der Waals surface area contributed by atoms with E-state index in [1.165, 1.54) is 42.5 Å². The van der Waals surface area contributed by atoms with E-state index in [0.29, 0.717) is 15.8 Å². The summed E-state index contributed by atoms with van der Waals surface area (Å²) in [6.07, 6.45) is 1.35. The highest BCUT2D eigenvalue weighted by Gasteiger charge is 2.14. The lowest BCUT2D eigenvalue weighted by molar-refractivity contribution is -0.384. The number of nitriles is 1.